The molecule has 2 aromatic rings. The first-order valence-corrected chi connectivity index (χ1v) is 4.36. The number of aromatic carboxylic acids is 1. The van der Waals surface area contributed by atoms with Gasteiger partial charge >= 0.3 is 11.6 Å². The van der Waals surface area contributed by atoms with Crippen molar-refractivity contribution in [3.63, 3.8) is 0 Å². The Balaban J connectivity index is 2.90. The van der Waals surface area contributed by atoms with Crippen LogP contribution in [0.4, 0.5) is 0 Å². The largest absolute Gasteiger partial charge is 0.477 e. The van der Waals surface area contributed by atoms with Crippen LogP contribution in [0.25, 0.3) is 11.0 Å². The second-order valence-corrected chi connectivity index (χ2v) is 3.24. The highest BCUT2D eigenvalue weighted by molar-refractivity contribution is 5.92. The van der Waals surface area contributed by atoms with Crippen LogP contribution in [-0.4, -0.2) is 11.1 Å². The van der Waals surface area contributed by atoms with Crippen LogP contribution in [0.15, 0.2) is 33.5 Å². The molecule has 15 heavy (non-hydrogen) atoms. The lowest BCUT2D eigenvalue weighted by atomic mass is 10.1. The SMILES string of the molecule is Cc1cccc2oc(=O)c(C(=O)O)cc12. The van der Waals surface area contributed by atoms with E-state index < -0.39 is 11.6 Å². The molecule has 0 amide bonds. The van der Waals surface area contributed by atoms with Gasteiger partial charge in [0, 0.05) is 5.39 Å². The number of hydrogen-bond acceptors (Lipinski definition) is 3. The summed E-state index contributed by atoms with van der Waals surface area (Å²) in [6, 6.07) is 6.56. The van der Waals surface area contributed by atoms with Crippen LogP contribution in [0.2, 0.25) is 0 Å². The Morgan fingerprint density at radius 2 is 2.13 bits per heavy atom. The van der Waals surface area contributed by atoms with Gasteiger partial charge in [0.05, 0.1) is 0 Å². The van der Waals surface area contributed by atoms with Gasteiger partial charge in [-0.05, 0) is 24.6 Å². The quantitative estimate of drug-likeness (QED) is 0.719. The Bertz CT molecular complexity index is 595. The van der Waals surface area contributed by atoms with Crippen LogP contribution in [0, 0.1) is 6.92 Å². The van der Waals surface area contributed by atoms with Crippen LogP contribution in [0.5, 0.6) is 0 Å². The summed E-state index contributed by atoms with van der Waals surface area (Å²) in [6.07, 6.45) is 0. The smallest absolute Gasteiger partial charge is 0.351 e. The van der Waals surface area contributed by atoms with Gasteiger partial charge < -0.3 is 9.52 Å². The fourth-order valence-electron chi connectivity index (χ4n) is 1.43. The van der Waals surface area contributed by atoms with E-state index in [0.717, 1.165) is 5.56 Å². The lowest BCUT2D eigenvalue weighted by Crippen LogP contribution is -2.12. The third-order valence-electron chi connectivity index (χ3n) is 2.23. The van der Waals surface area contributed by atoms with Gasteiger partial charge in [-0.1, -0.05) is 12.1 Å². The van der Waals surface area contributed by atoms with Crippen LogP contribution >= 0.6 is 0 Å². The predicted molar refractivity (Wildman–Crippen MR) is 54.2 cm³/mol. The van der Waals surface area contributed by atoms with E-state index in [4.69, 9.17) is 9.52 Å². The minimum atomic E-state index is -1.27. The Morgan fingerprint density at radius 3 is 2.80 bits per heavy atom. The lowest BCUT2D eigenvalue weighted by molar-refractivity contribution is 0.0692. The zero-order chi connectivity index (χ0) is 11.0. The maximum Gasteiger partial charge on any atom is 0.351 e. The van der Waals surface area contributed by atoms with E-state index in [1.807, 2.05) is 13.0 Å². The highest BCUT2D eigenvalue weighted by Crippen LogP contribution is 2.17. The van der Waals surface area contributed by atoms with Crippen LogP contribution in [0.1, 0.15) is 15.9 Å². The Morgan fingerprint density at radius 1 is 1.40 bits per heavy atom. The standard InChI is InChI=1S/C11H8O4/c1-6-3-2-4-9-7(6)5-8(10(12)13)11(14)15-9/h2-5H,1H3,(H,12,13). The molecule has 0 radical (unpaired) electrons. The molecule has 1 aromatic carbocycles. The van der Waals surface area contributed by atoms with Crippen molar-refractivity contribution in [1.82, 2.24) is 0 Å². The van der Waals surface area contributed by atoms with E-state index >= 15 is 0 Å². The van der Waals surface area contributed by atoms with Gasteiger partial charge in [-0.25, -0.2) is 9.59 Å². The van der Waals surface area contributed by atoms with Crippen LogP contribution < -0.4 is 5.63 Å². The summed E-state index contributed by atoms with van der Waals surface area (Å²) in [4.78, 5) is 22.0. The Hall–Kier alpha value is -2.10. The minimum absolute atomic E-state index is 0.336. The van der Waals surface area contributed by atoms with Crippen molar-refractivity contribution < 1.29 is 14.3 Å². The number of hydrogen-bond donors (Lipinski definition) is 1. The number of rotatable bonds is 1. The van der Waals surface area contributed by atoms with E-state index in [2.05, 4.69) is 0 Å². The number of benzene rings is 1. The number of carboxylic acids is 1. The lowest BCUT2D eigenvalue weighted by Gasteiger charge is -2.00. The molecule has 2 rings (SSSR count). The highest BCUT2D eigenvalue weighted by Gasteiger charge is 2.12. The number of fused-ring (bicyclic) bond motifs is 1. The summed E-state index contributed by atoms with van der Waals surface area (Å²) >= 11 is 0. The molecule has 0 fully saturated rings. The number of aryl methyl sites for hydroxylation is 1. The van der Waals surface area contributed by atoms with Gasteiger partial charge in [0.2, 0.25) is 0 Å². The third kappa shape index (κ3) is 1.50. The molecule has 0 aliphatic rings. The highest BCUT2D eigenvalue weighted by atomic mass is 16.4. The van der Waals surface area contributed by atoms with E-state index in [0.29, 0.717) is 11.0 Å². The van der Waals surface area contributed by atoms with Crippen LogP contribution in [-0.2, 0) is 0 Å². The molecule has 4 nitrogen and oxygen atoms in total. The van der Waals surface area contributed by atoms with E-state index in [1.165, 1.54) is 6.07 Å². The van der Waals surface area contributed by atoms with Gasteiger partial charge in [-0.3, -0.25) is 0 Å². The van der Waals surface area contributed by atoms with E-state index in [-0.39, 0.29) is 5.56 Å². The molecule has 76 valence electrons. The van der Waals surface area contributed by atoms with Crippen molar-refractivity contribution in [3.8, 4) is 0 Å². The minimum Gasteiger partial charge on any atom is -0.477 e. The van der Waals surface area contributed by atoms with Crippen molar-refractivity contribution in [3.05, 3.63) is 45.8 Å². The second-order valence-electron chi connectivity index (χ2n) is 3.24. The number of carbonyl (C=O) groups is 1. The van der Waals surface area contributed by atoms with Gasteiger partial charge in [0.1, 0.15) is 11.1 Å². The average Bonchev–Trinajstić information content (AvgIpc) is 2.16. The molecule has 0 saturated heterocycles. The maximum atomic E-state index is 11.2. The molecular weight excluding hydrogens is 196 g/mol. The zero-order valence-corrected chi connectivity index (χ0v) is 7.98. The maximum absolute atomic E-state index is 11.2. The molecule has 0 atom stereocenters. The molecule has 1 heterocycles. The number of carboxylic acid groups (broad SMARTS) is 1. The topological polar surface area (TPSA) is 67.5 Å². The summed E-state index contributed by atoms with van der Waals surface area (Å²) in [6.45, 7) is 1.83. The molecule has 0 unspecified atom stereocenters. The normalized spacial score (nSPS) is 10.5. The first-order chi connectivity index (χ1) is 7.09. The second kappa shape index (κ2) is 3.24. The average molecular weight is 204 g/mol. The first-order valence-electron chi connectivity index (χ1n) is 4.36. The van der Waals surface area contributed by atoms with Crippen molar-refractivity contribution in [2.45, 2.75) is 6.92 Å². The van der Waals surface area contributed by atoms with Crippen LogP contribution in [0.3, 0.4) is 0 Å². The van der Waals surface area contributed by atoms with E-state index in [1.54, 1.807) is 12.1 Å². The molecule has 4 heteroatoms. The molecule has 0 bridgehead atoms. The van der Waals surface area contributed by atoms with E-state index in [9.17, 15) is 9.59 Å². The molecule has 0 saturated carbocycles. The summed E-state index contributed by atoms with van der Waals surface area (Å²) in [5.41, 5.74) is 0.126. The molecule has 1 aromatic heterocycles. The third-order valence-corrected chi connectivity index (χ3v) is 2.23. The van der Waals surface area contributed by atoms with Crippen molar-refractivity contribution in [2.24, 2.45) is 0 Å². The molecule has 0 aliphatic carbocycles. The Kier molecular flexibility index (Phi) is 2.04. The molecule has 0 spiro atoms. The van der Waals surface area contributed by atoms with Crippen molar-refractivity contribution in [2.75, 3.05) is 0 Å². The zero-order valence-electron chi connectivity index (χ0n) is 7.98. The fourth-order valence-corrected chi connectivity index (χ4v) is 1.43. The Labute approximate surface area is 84.8 Å². The predicted octanol–water partition coefficient (Wildman–Crippen LogP) is 1.80. The molecule has 1 N–H and O–H groups in total. The van der Waals surface area contributed by atoms with Gasteiger partial charge in [0.15, 0.2) is 0 Å². The van der Waals surface area contributed by atoms with Gasteiger partial charge in [-0.15, -0.1) is 0 Å². The fraction of sp³-hybridized carbons (Fsp3) is 0.0909. The monoisotopic (exact) mass is 204 g/mol. The van der Waals surface area contributed by atoms with Crippen molar-refractivity contribution >= 4 is 16.9 Å². The molecule has 0 aliphatic heterocycles. The van der Waals surface area contributed by atoms with Gasteiger partial charge in [0.25, 0.3) is 0 Å². The first kappa shape index (κ1) is 9.45. The summed E-state index contributed by atoms with van der Waals surface area (Å²) < 4.78 is 4.90. The van der Waals surface area contributed by atoms with Gasteiger partial charge in [-0.2, -0.15) is 0 Å². The summed E-state index contributed by atoms with van der Waals surface area (Å²) in [7, 11) is 0. The molecular formula is C11H8O4. The summed E-state index contributed by atoms with van der Waals surface area (Å²) in [5, 5.41) is 9.40. The van der Waals surface area contributed by atoms with Crippen molar-refractivity contribution in [1.29, 1.82) is 0 Å². The summed E-state index contributed by atoms with van der Waals surface area (Å²) in [5.74, 6) is -1.27.